The first-order valence-electron chi connectivity index (χ1n) is 11.4. The van der Waals surface area contributed by atoms with Crippen molar-refractivity contribution in [3.8, 4) is 5.75 Å². The van der Waals surface area contributed by atoms with Crippen LogP contribution >= 0.6 is 0 Å². The Balaban J connectivity index is 1.67. The summed E-state index contributed by atoms with van der Waals surface area (Å²) in [6.07, 6.45) is 11.4. The molecular formula is C26H35N3O. The van der Waals surface area contributed by atoms with Gasteiger partial charge in [0, 0.05) is 0 Å². The monoisotopic (exact) mass is 405 g/mol. The normalized spacial score (nSPS) is 11.1. The molecule has 0 amide bonds. The van der Waals surface area contributed by atoms with Gasteiger partial charge < -0.3 is 5.11 Å². The minimum Gasteiger partial charge on any atom is -0.872 e. The molecule has 4 nitrogen and oxygen atoms in total. The van der Waals surface area contributed by atoms with Gasteiger partial charge in [0.1, 0.15) is 11.0 Å². The number of H-pyrrole nitrogens is 1. The number of aryl methyl sites for hydroxylation is 1. The van der Waals surface area contributed by atoms with Crippen molar-refractivity contribution in [2.75, 3.05) is 5.32 Å². The molecule has 0 aliphatic carbocycles. The van der Waals surface area contributed by atoms with Crippen LogP contribution in [-0.4, -0.2) is 4.98 Å². The molecule has 0 atom stereocenters. The van der Waals surface area contributed by atoms with Crippen LogP contribution in [0.1, 0.15) is 63.0 Å². The van der Waals surface area contributed by atoms with Gasteiger partial charge in [-0.2, -0.15) is 0 Å². The molecule has 4 heteroatoms. The molecule has 0 unspecified atom stereocenters. The smallest absolute Gasteiger partial charge is 0.356 e. The summed E-state index contributed by atoms with van der Waals surface area (Å²) in [7, 11) is 0. The highest BCUT2D eigenvalue weighted by Gasteiger charge is 2.16. The lowest BCUT2D eigenvalue weighted by Crippen LogP contribution is -2.36. The third-order valence-corrected chi connectivity index (χ3v) is 5.69. The van der Waals surface area contributed by atoms with Crippen LogP contribution in [0.3, 0.4) is 0 Å². The molecule has 3 rings (SSSR count). The van der Waals surface area contributed by atoms with Crippen molar-refractivity contribution in [2.24, 2.45) is 0 Å². The predicted octanol–water partition coefficient (Wildman–Crippen LogP) is 5.62. The molecule has 30 heavy (non-hydrogen) atoms. The zero-order valence-electron chi connectivity index (χ0n) is 18.3. The summed E-state index contributed by atoms with van der Waals surface area (Å²) < 4.78 is 2.32. The fourth-order valence-electron chi connectivity index (χ4n) is 4.00. The first kappa shape index (κ1) is 21.9. The van der Waals surface area contributed by atoms with Gasteiger partial charge in [-0.25, -0.2) is 9.55 Å². The largest absolute Gasteiger partial charge is 0.872 e. The number of imidazole rings is 1. The van der Waals surface area contributed by atoms with Gasteiger partial charge >= 0.3 is 5.95 Å². The van der Waals surface area contributed by atoms with Crippen molar-refractivity contribution >= 4 is 17.0 Å². The quantitative estimate of drug-likeness (QED) is 0.220. The highest BCUT2D eigenvalue weighted by atomic mass is 16.3. The highest BCUT2D eigenvalue weighted by molar-refractivity contribution is 5.72. The Bertz CT molecular complexity index is 945. The third-order valence-electron chi connectivity index (χ3n) is 5.69. The van der Waals surface area contributed by atoms with Crippen LogP contribution in [-0.2, 0) is 19.5 Å². The van der Waals surface area contributed by atoms with E-state index in [-0.39, 0.29) is 5.75 Å². The molecule has 3 aromatic rings. The maximum atomic E-state index is 12.7. The molecule has 1 aromatic heterocycles. The number of benzene rings is 2. The molecule has 0 spiro atoms. The minimum absolute atomic E-state index is 0.111. The van der Waals surface area contributed by atoms with E-state index in [0.29, 0.717) is 13.0 Å². The number of rotatable bonds is 13. The molecule has 160 valence electrons. The Morgan fingerprint density at radius 2 is 1.70 bits per heavy atom. The van der Waals surface area contributed by atoms with Gasteiger partial charge in [0.05, 0.1) is 13.1 Å². The molecule has 2 N–H and O–H groups in total. The number of anilines is 1. The van der Waals surface area contributed by atoms with E-state index in [0.717, 1.165) is 35.6 Å². The number of fused-ring (bicyclic) bond motifs is 1. The Kier molecular flexibility index (Phi) is 8.37. The molecule has 0 fully saturated rings. The summed E-state index contributed by atoms with van der Waals surface area (Å²) in [6.45, 7) is 7.49. The Morgan fingerprint density at radius 3 is 2.50 bits per heavy atom. The number of hydrogen-bond donors (Lipinski definition) is 2. The van der Waals surface area contributed by atoms with Crippen LogP contribution in [0.2, 0.25) is 0 Å². The average molecular weight is 406 g/mol. The van der Waals surface area contributed by atoms with Crippen molar-refractivity contribution < 1.29 is 9.67 Å². The van der Waals surface area contributed by atoms with E-state index in [1.165, 1.54) is 44.0 Å². The van der Waals surface area contributed by atoms with Gasteiger partial charge in [0.2, 0.25) is 0 Å². The van der Waals surface area contributed by atoms with Crippen LogP contribution in [0, 0.1) is 0 Å². The van der Waals surface area contributed by atoms with Crippen LogP contribution in [0.25, 0.3) is 11.0 Å². The number of para-hydroxylation sites is 3. The lowest BCUT2D eigenvalue weighted by molar-refractivity contribution is -0.657. The summed E-state index contributed by atoms with van der Waals surface area (Å²) >= 11 is 0. The van der Waals surface area contributed by atoms with E-state index in [1.807, 2.05) is 18.2 Å². The number of unbranched alkanes of at least 4 members (excludes halogenated alkanes) is 6. The number of nitrogens with one attached hydrogen (secondary N) is 2. The van der Waals surface area contributed by atoms with Crippen molar-refractivity contribution in [1.29, 1.82) is 0 Å². The molecule has 0 saturated heterocycles. The zero-order chi connectivity index (χ0) is 21.2. The fraction of sp³-hybridized carbons (Fsp3) is 0.423. The van der Waals surface area contributed by atoms with Crippen molar-refractivity contribution in [1.82, 2.24) is 4.98 Å². The molecule has 0 saturated carbocycles. The molecule has 0 aliphatic heterocycles. The molecule has 0 bridgehead atoms. The second kappa shape index (κ2) is 11.4. The van der Waals surface area contributed by atoms with Gasteiger partial charge in [0.25, 0.3) is 0 Å². The lowest BCUT2D eigenvalue weighted by Gasteiger charge is -2.17. The van der Waals surface area contributed by atoms with Gasteiger partial charge in [0.15, 0.2) is 0 Å². The minimum atomic E-state index is 0.111. The summed E-state index contributed by atoms with van der Waals surface area (Å²) in [5.41, 5.74) is 3.91. The molecule has 0 radical (unpaired) electrons. The molecule has 1 heterocycles. The standard InChI is InChI=1S/C26H35N3O/c1-3-5-6-7-8-9-12-19-29-24-18-11-10-17-23(24)28-26(29)27-20-22-16-13-15-21(14-4-2)25(22)30/h4,10-11,13,15-18H,2-3,5-9,12,14,19-20H2,1H3,(H2,27,28,30). The number of nitrogens with zero attached hydrogens (tertiary/aromatic N) is 1. The van der Waals surface area contributed by atoms with Gasteiger partial charge in [-0.1, -0.05) is 93.2 Å². The average Bonchev–Trinajstić information content (AvgIpc) is 3.11. The topological polar surface area (TPSA) is 54.8 Å². The van der Waals surface area contributed by atoms with E-state index in [1.54, 1.807) is 6.08 Å². The van der Waals surface area contributed by atoms with Crippen LogP contribution in [0.15, 0.2) is 55.1 Å². The zero-order valence-corrected chi connectivity index (χ0v) is 18.3. The predicted molar refractivity (Wildman–Crippen MR) is 124 cm³/mol. The number of aromatic nitrogens is 2. The van der Waals surface area contributed by atoms with Crippen LogP contribution in [0.4, 0.5) is 5.95 Å². The second-order valence-corrected chi connectivity index (χ2v) is 8.02. The number of hydrogen-bond acceptors (Lipinski definition) is 2. The summed E-state index contributed by atoms with van der Waals surface area (Å²) in [4.78, 5) is 3.50. The molecule has 0 aliphatic rings. The molecule has 2 aromatic carbocycles. The summed E-state index contributed by atoms with van der Waals surface area (Å²) in [5.74, 6) is 1.08. The summed E-state index contributed by atoms with van der Waals surface area (Å²) in [6, 6.07) is 14.1. The number of allylic oxidation sites excluding steroid dienone is 1. The maximum Gasteiger partial charge on any atom is 0.356 e. The first-order valence-corrected chi connectivity index (χ1v) is 11.4. The maximum absolute atomic E-state index is 12.7. The van der Waals surface area contributed by atoms with E-state index < -0.39 is 0 Å². The van der Waals surface area contributed by atoms with Crippen LogP contribution < -0.4 is 15.0 Å². The van der Waals surface area contributed by atoms with E-state index >= 15 is 0 Å². The molecular weight excluding hydrogens is 370 g/mol. The Hall–Kier alpha value is -2.75. The van der Waals surface area contributed by atoms with Crippen molar-refractivity contribution in [3.05, 3.63) is 66.2 Å². The number of aromatic amines is 1. The second-order valence-electron chi connectivity index (χ2n) is 8.02. The van der Waals surface area contributed by atoms with Gasteiger partial charge in [-0.15, -0.1) is 6.58 Å². The van der Waals surface area contributed by atoms with Gasteiger partial charge in [-0.05, 0) is 30.5 Å². The first-order chi connectivity index (χ1) is 14.7. The van der Waals surface area contributed by atoms with E-state index in [2.05, 4.69) is 52.6 Å². The fourth-order valence-corrected chi connectivity index (χ4v) is 4.00. The Labute approximate surface area is 180 Å². The third kappa shape index (κ3) is 5.65. The van der Waals surface area contributed by atoms with Crippen molar-refractivity contribution in [3.63, 3.8) is 0 Å². The Morgan fingerprint density at radius 1 is 0.967 bits per heavy atom. The SMILES string of the molecule is C=CCc1cccc(CNc2[nH]c3ccccc3[n+]2CCCCCCCCC)c1[O-]. The highest BCUT2D eigenvalue weighted by Crippen LogP contribution is 2.21. The van der Waals surface area contributed by atoms with Crippen LogP contribution in [0.5, 0.6) is 5.75 Å². The van der Waals surface area contributed by atoms with Gasteiger partial charge in [-0.3, -0.25) is 5.32 Å². The lowest BCUT2D eigenvalue weighted by atomic mass is 10.1. The summed E-state index contributed by atoms with van der Waals surface area (Å²) in [5, 5.41) is 16.1. The van der Waals surface area contributed by atoms with E-state index in [4.69, 9.17) is 0 Å². The van der Waals surface area contributed by atoms with Crippen molar-refractivity contribution in [2.45, 2.75) is 71.4 Å². The van der Waals surface area contributed by atoms with E-state index in [9.17, 15) is 5.11 Å².